The quantitative estimate of drug-likeness (QED) is 0.869. The van der Waals surface area contributed by atoms with Gasteiger partial charge in [0.05, 0.1) is 12.0 Å². The van der Waals surface area contributed by atoms with Gasteiger partial charge in [-0.05, 0) is 18.8 Å². The molecule has 0 radical (unpaired) electrons. The van der Waals surface area contributed by atoms with Crippen LogP contribution < -0.4 is 5.32 Å². The summed E-state index contributed by atoms with van der Waals surface area (Å²) in [7, 11) is 1.95. The number of rotatable bonds is 4. The third kappa shape index (κ3) is 2.42. The molecule has 2 amide bonds. The van der Waals surface area contributed by atoms with E-state index in [0.29, 0.717) is 19.0 Å². The molecule has 20 heavy (non-hydrogen) atoms. The Labute approximate surface area is 118 Å². The zero-order chi connectivity index (χ0) is 14.3. The summed E-state index contributed by atoms with van der Waals surface area (Å²) in [4.78, 5) is 29.5. The first kappa shape index (κ1) is 13.1. The Hall–Kier alpha value is -1.85. The molecule has 108 valence electrons. The van der Waals surface area contributed by atoms with Crippen LogP contribution in [-0.4, -0.2) is 39.4 Å². The molecule has 1 aliphatic heterocycles. The molecule has 2 aliphatic rings. The van der Waals surface area contributed by atoms with E-state index in [2.05, 4.69) is 10.3 Å². The van der Waals surface area contributed by atoms with Gasteiger partial charge in [0.15, 0.2) is 0 Å². The van der Waals surface area contributed by atoms with Crippen molar-refractivity contribution in [2.45, 2.75) is 25.8 Å². The van der Waals surface area contributed by atoms with Crippen LogP contribution in [0.3, 0.4) is 0 Å². The molecular formula is C14H20N4O2. The summed E-state index contributed by atoms with van der Waals surface area (Å²) in [5.41, 5.74) is 0. The number of carbonyl (C=O) groups excluding carboxylic acids is 2. The van der Waals surface area contributed by atoms with Gasteiger partial charge in [-0.1, -0.05) is 0 Å². The second-order valence-corrected chi connectivity index (χ2v) is 5.84. The minimum absolute atomic E-state index is 0.00822. The molecule has 6 heteroatoms. The fourth-order valence-corrected chi connectivity index (χ4v) is 2.67. The van der Waals surface area contributed by atoms with Gasteiger partial charge in [-0.2, -0.15) is 0 Å². The minimum Gasteiger partial charge on any atom is -0.346 e. The van der Waals surface area contributed by atoms with Crippen molar-refractivity contribution in [3.8, 4) is 0 Å². The van der Waals surface area contributed by atoms with Gasteiger partial charge < -0.3 is 14.8 Å². The molecule has 1 atom stereocenters. The molecule has 1 aromatic heterocycles. The van der Waals surface area contributed by atoms with Crippen LogP contribution in [0.5, 0.6) is 0 Å². The maximum absolute atomic E-state index is 12.3. The van der Waals surface area contributed by atoms with E-state index in [9.17, 15) is 9.59 Å². The molecule has 1 aliphatic carbocycles. The van der Waals surface area contributed by atoms with E-state index in [1.54, 1.807) is 11.1 Å². The third-order valence-electron chi connectivity index (χ3n) is 4.23. The van der Waals surface area contributed by atoms with Gasteiger partial charge >= 0.3 is 0 Å². The van der Waals surface area contributed by atoms with Crippen LogP contribution in [0.1, 0.15) is 31.6 Å². The maximum atomic E-state index is 12.3. The molecule has 1 unspecified atom stereocenters. The number of aryl methyl sites for hydroxylation is 1. The van der Waals surface area contributed by atoms with Crippen LogP contribution in [0.15, 0.2) is 12.4 Å². The SMILES string of the molecule is CC(=O)N1CC(C(=O)NC(c2nccn2C)C2CC2)C1. The first-order valence-corrected chi connectivity index (χ1v) is 7.09. The van der Waals surface area contributed by atoms with Crippen LogP contribution in [0.25, 0.3) is 0 Å². The van der Waals surface area contributed by atoms with Gasteiger partial charge in [-0.15, -0.1) is 0 Å². The molecule has 0 aromatic carbocycles. The third-order valence-corrected chi connectivity index (χ3v) is 4.23. The lowest BCUT2D eigenvalue weighted by atomic mass is 9.98. The van der Waals surface area contributed by atoms with Crippen LogP contribution in [0.2, 0.25) is 0 Å². The van der Waals surface area contributed by atoms with Crippen LogP contribution in [-0.2, 0) is 16.6 Å². The standard InChI is InChI=1S/C14H20N4O2/c1-9(19)18-7-11(8-18)14(20)16-12(10-3-4-10)13-15-5-6-17(13)2/h5-6,10-12H,3-4,7-8H2,1-2H3,(H,16,20). The molecule has 1 N–H and O–H groups in total. The molecular weight excluding hydrogens is 256 g/mol. The summed E-state index contributed by atoms with van der Waals surface area (Å²) in [6.45, 7) is 2.62. The summed E-state index contributed by atoms with van der Waals surface area (Å²) in [6, 6.07) is 0.00822. The first-order chi connectivity index (χ1) is 9.56. The van der Waals surface area contributed by atoms with Crippen molar-refractivity contribution in [3.05, 3.63) is 18.2 Å². The zero-order valence-electron chi connectivity index (χ0n) is 11.9. The molecule has 1 saturated heterocycles. The topological polar surface area (TPSA) is 67.2 Å². The van der Waals surface area contributed by atoms with Crippen LogP contribution in [0, 0.1) is 11.8 Å². The Morgan fingerprint density at radius 3 is 2.60 bits per heavy atom. The average molecular weight is 276 g/mol. The predicted octanol–water partition coefficient (Wildman–Crippen LogP) is 0.466. The van der Waals surface area contributed by atoms with Crippen molar-refractivity contribution in [3.63, 3.8) is 0 Å². The predicted molar refractivity (Wildman–Crippen MR) is 72.6 cm³/mol. The molecule has 1 aromatic rings. The van der Waals surface area contributed by atoms with Crippen LogP contribution in [0.4, 0.5) is 0 Å². The summed E-state index contributed by atoms with van der Waals surface area (Å²) in [5, 5.41) is 3.12. The lowest BCUT2D eigenvalue weighted by Crippen LogP contribution is -2.55. The first-order valence-electron chi connectivity index (χ1n) is 7.09. The summed E-state index contributed by atoms with van der Waals surface area (Å²) in [6.07, 6.45) is 5.94. The smallest absolute Gasteiger partial charge is 0.227 e. The normalized spacial score (nSPS) is 20.4. The Morgan fingerprint density at radius 2 is 2.10 bits per heavy atom. The highest BCUT2D eigenvalue weighted by Gasteiger charge is 2.39. The highest BCUT2D eigenvalue weighted by molar-refractivity contribution is 5.83. The molecule has 2 heterocycles. The van der Waals surface area contributed by atoms with Crippen molar-refractivity contribution >= 4 is 11.8 Å². The zero-order valence-corrected chi connectivity index (χ0v) is 11.9. The van der Waals surface area contributed by atoms with Gasteiger partial charge in [0.25, 0.3) is 0 Å². The van der Waals surface area contributed by atoms with Gasteiger partial charge in [0, 0.05) is 39.5 Å². The number of aromatic nitrogens is 2. The van der Waals surface area contributed by atoms with E-state index in [1.165, 1.54) is 6.92 Å². The van der Waals surface area contributed by atoms with E-state index in [4.69, 9.17) is 0 Å². The van der Waals surface area contributed by atoms with Crippen LogP contribution >= 0.6 is 0 Å². The number of nitrogens with one attached hydrogen (secondary N) is 1. The van der Waals surface area contributed by atoms with Gasteiger partial charge in [0.1, 0.15) is 5.82 Å². The number of imidazole rings is 1. The monoisotopic (exact) mass is 276 g/mol. The molecule has 3 rings (SSSR count). The lowest BCUT2D eigenvalue weighted by Gasteiger charge is -2.38. The van der Waals surface area contributed by atoms with Gasteiger partial charge in [-0.25, -0.2) is 4.98 Å². The molecule has 2 fully saturated rings. The number of nitrogens with zero attached hydrogens (tertiary/aromatic N) is 3. The molecule has 1 saturated carbocycles. The number of hydrogen-bond acceptors (Lipinski definition) is 3. The van der Waals surface area contributed by atoms with Gasteiger partial charge in [0.2, 0.25) is 11.8 Å². The number of amides is 2. The lowest BCUT2D eigenvalue weighted by molar-refractivity contribution is -0.141. The van der Waals surface area contributed by atoms with E-state index >= 15 is 0 Å². The largest absolute Gasteiger partial charge is 0.346 e. The molecule has 0 bridgehead atoms. The summed E-state index contributed by atoms with van der Waals surface area (Å²) < 4.78 is 1.96. The number of hydrogen-bond donors (Lipinski definition) is 1. The van der Waals surface area contributed by atoms with Gasteiger partial charge in [-0.3, -0.25) is 9.59 Å². The van der Waals surface area contributed by atoms with E-state index < -0.39 is 0 Å². The van der Waals surface area contributed by atoms with Crippen molar-refractivity contribution in [1.82, 2.24) is 19.8 Å². The number of likely N-dealkylation sites (tertiary alicyclic amines) is 1. The van der Waals surface area contributed by atoms with E-state index in [1.807, 2.05) is 17.8 Å². The second kappa shape index (κ2) is 4.92. The summed E-state index contributed by atoms with van der Waals surface area (Å²) >= 11 is 0. The maximum Gasteiger partial charge on any atom is 0.227 e. The highest BCUT2D eigenvalue weighted by Crippen LogP contribution is 2.40. The van der Waals surface area contributed by atoms with E-state index in [-0.39, 0.29) is 23.8 Å². The minimum atomic E-state index is -0.0691. The Balaban J connectivity index is 1.62. The Kier molecular flexibility index (Phi) is 3.23. The molecule has 0 spiro atoms. The Morgan fingerprint density at radius 1 is 1.40 bits per heavy atom. The summed E-state index contributed by atoms with van der Waals surface area (Å²) in [5.74, 6) is 1.44. The fourth-order valence-electron chi connectivity index (χ4n) is 2.67. The molecule has 6 nitrogen and oxygen atoms in total. The average Bonchev–Trinajstić information content (AvgIpc) is 3.07. The fraction of sp³-hybridized carbons (Fsp3) is 0.643. The van der Waals surface area contributed by atoms with E-state index in [0.717, 1.165) is 18.7 Å². The Bertz CT molecular complexity index is 529. The van der Waals surface area contributed by atoms with Crippen molar-refractivity contribution in [2.24, 2.45) is 18.9 Å². The van der Waals surface area contributed by atoms with Crippen molar-refractivity contribution < 1.29 is 9.59 Å². The number of carbonyl (C=O) groups is 2. The van der Waals surface area contributed by atoms with Crippen molar-refractivity contribution in [2.75, 3.05) is 13.1 Å². The highest BCUT2D eigenvalue weighted by atomic mass is 16.2. The second-order valence-electron chi connectivity index (χ2n) is 5.84. The van der Waals surface area contributed by atoms with Crippen molar-refractivity contribution in [1.29, 1.82) is 0 Å².